The Bertz CT molecular complexity index is 377. The van der Waals surface area contributed by atoms with E-state index in [-0.39, 0.29) is 0 Å². The van der Waals surface area contributed by atoms with E-state index in [0.29, 0.717) is 12.0 Å². The van der Waals surface area contributed by atoms with Gasteiger partial charge in [0.2, 0.25) is 0 Å². The van der Waals surface area contributed by atoms with Crippen LogP contribution in [0.15, 0.2) is 18.2 Å². The number of aryl methyl sites for hydroxylation is 1. The molecule has 0 saturated heterocycles. The lowest BCUT2D eigenvalue weighted by molar-refractivity contribution is 0.107. The topological polar surface area (TPSA) is 30.5 Å². The van der Waals surface area contributed by atoms with E-state index in [4.69, 9.17) is 9.47 Å². The lowest BCUT2D eigenvalue weighted by Gasteiger charge is -2.23. The van der Waals surface area contributed by atoms with E-state index in [2.05, 4.69) is 38.2 Å². The van der Waals surface area contributed by atoms with Gasteiger partial charge < -0.3 is 14.8 Å². The lowest BCUT2D eigenvalue weighted by Crippen LogP contribution is -2.37. The van der Waals surface area contributed by atoms with Crippen molar-refractivity contribution < 1.29 is 9.47 Å². The fourth-order valence-corrected chi connectivity index (χ4v) is 2.02. The van der Waals surface area contributed by atoms with E-state index in [1.165, 1.54) is 11.1 Å². The van der Waals surface area contributed by atoms with Crippen LogP contribution in [0.5, 0.6) is 5.75 Å². The van der Waals surface area contributed by atoms with Crippen molar-refractivity contribution in [2.75, 3.05) is 20.3 Å². The number of rotatable bonds is 8. The van der Waals surface area contributed by atoms with Crippen LogP contribution < -0.4 is 10.1 Å². The fraction of sp³-hybridized carbons (Fsp3) is 0.625. The zero-order chi connectivity index (χ0) is 14.3. The molecule has 0 aliphatic carbocycles. The van der Waals surface area contributed by atoms with Crippen molar-refractivity contribution in [1.82, 2.24) is 5.32 Å². The summed E-state index contributed by atoms with van der Waals surface area (Å²) in [5, 5.41) is 3.57. The molecule has 0 amide bonds. The second-order valence-corrected chi connectivity index (χ2v) is 5.21. The van der Waals surface area contributed by atoms with Crippen LogP contribution in [0.3, 0.4) is 0 Å². The molecule has 0 bridgehead atoms. The highest BCUT2D eigenvalue weighted by Crippen LogP contribution is 2.19. The van der Waals surface area contributed by atoms with Gasteiger partial charge in [-0.1, -0.05) is 31.5 Å². The van der Waals surface area contributed by atoms with Crippen molar-refractivity contribution in [1.29, 1.82) is 0 Å². The molecule has 0 aromatic heterocycles. The van der Waals surface area contributed by atoms with Crippen molar-refractivity contribution in [3.63, 3.8) is 0 Å². The maximum absolute atomic E-state index is 5.53. The predicted octanol–water partition coefficient (Wildman–Crippen LogP) is 3.15. The Balaban J connectivity index is 2.65. The third kappa shape index (κ3) is 5.21. The molecule has 0 saturated carbocycles. The van der Waals surface area contributed by atoms with Crippen LogP contribution in [0.2, 0.25) is 0 Å². The smallest absolute Gasteiger partial charge is 0.123 e. The number of benzene rings is 1. The molecule has 1 aromatic carbocycles. The van der Waals surface area contributed by atoms with Gasteiger partial charge in [0.25, 0.3) is 0 Å². The van der Waals surface area contributed by atoms with E-state index in [0.717, 1.165) is 25.5 Å². The summed E-state index contributed by atoms with van der Waals surface area (Å²) in [6.07, 6.45) is 0. The summed E-state index contributed by atoms with van der Waals surface area (Å²) in [7, 11) is 1.72. The molecular formula is C16H27NO2. The van der Waals surface area contributed by atoms with Crippen molar-refractivity contribution in [2.24, 2.45) is 5.92 Å². The third-order valence-electron chi connectivity index (χ3n) is 3.30. The van der Waals surface area contributed by atoms with Gasteiger partial charge in [-0.25, -0.2) is 0 Å². The highest BCUT2D eigenvalue weighted by atomic mass is 16.5. The van der Waals surface area contributed by atoms with Crippen molar-refractivity contribution >= 4 is 0 Å². The van der Waals surface area contributed by atoms with Gasteiger partial charge in [-0.2, -0.15) is 0 Å². The van der Waals surface area contributed by atoms with Gasteiger partial charge in [0, 0.05) is 24.8 Å². The van der Waals surface area contributed by atoms with E-state index < -0.39 is 0 Å². The molecule has 1 rings (SSSR count). The monoisotopic (exact) mass is 265 g/mol. The standard InChI is InChI=1S/C16H27NO2/c1-6-19-11-15(12(2)3)17-10-14-9-13(4)7-8-16(14)18-5/h7-9,12,15,17H,6,10-11H2,1-5H3. The largest absolute Gasteiger partial charge is 0.496 e. The van der Waals surface area contributed by atoms with Crippen LogP contribution in [0.1, 0.15) is 31.9 Å². The van der Waals surface area contributed by atoms with Crippen molar-refractivity contribution in [3.05, 3.63) is 29.3 Å². The summed E-state index contributed by atoms with van der Waals surface area (Å²) in [5.74, 6) is 1.49. The van der Waals surface area contributed by atoms with Crippen LogP contribution in [-0.4, -0.2) is 26.4 Å². The van der Waals surface area contributed by atoms with E-state index in [1.807, 2.05) is 13.0 Å². The lowest BCUT2D eigenvalue weighted by atomic mass is 10.0. The molecule has 0 radical (unpaired) electrons. The minimum absolute atomic E-state index is 0.366. The van der Waals surface area contributed by atoms with Crippen LogP contribution in [0.4, 0.5) is 0 Å². The Morgan fingerprint density at radius 3 is 2.58 bits per heavy atom. The SMILES string of the molecule is CCOCC(NCc1cc(C)ccc1OC)C(C)C. The van der Waals surface area contributed by atoms with Gasteiger partial charge in [-0.3, -0.25) is 0 Å². The highest BCUT2D eigenvalue weighted by molar-refractivity contribution is 5.36. The summed E-state index contributed by atoms with van der Waals surface area (Å²) in [6.45, 7) is 10.9. The second-order valence-electron chi connectivity index (χ2n) is 5.21. The molecule has 3 nitrogen and oxygen atoms in total. The summed E-state index contributed by atoms with van der Waals surface area (Å²) < 4.78 is 10.9. The van der Waals surface area contributed by atoms with E-state index in [9.17, 15) is 0 Å². The van der Waals surface area contributed by atoms with Gasteiger partial charge >= 0.3 is 0 Å². The molecule has 0 aliphatic rings. The first-order chi connectivity index (χ1) is 9.08. The zero-order valence-corrected chi connectivity index (χ0v) is 12.8. The van der Waals surface area contributed by atoms with Gasteiger partial charge in [0.05, 0.1) is 13.7 Å². The normalized spacial score (nSPS) is 12.7. The van der Waals surface area contributed by atoms with Crippen molar-refractivity contribution in [3.8, 4) is 5.75 Å². The molecular weight excluding hydrogens is 238 g/mol. The first kappa shape index (κ1) is 16.0. The van der Waals surface area contributed by atoms with Crippen LogP contribution in [-0.2, 0) is 11.3 Å². The molecule has 1 N–H and O–H groups in total. The average molecular weight is 265 g/mol. The van der Waals surface area contributed by atoms with Gasteiger partial charge in [0.15, 0.2) is 0 Å². The highest BCUT2D eigenvalue weighted by Gasteiger charge is 2.13. The first-order valence-corrected chi connectivity index (χ1v) is 7.03. The minimum atomic E-state index is 0.366. The summed E-state index contributed by atoms with van der Waals surface area (Å²) in [5.41, 5.74) is 2.45. The number of ether oxygens (including phenoxy) is 2. The Morgan fingerprint density at radius 1 is 1.26 bits per heavy atom. The first-order valence-electron chi connectivity index (χ1n) is 7.03. The second kappa shape index (κ2) is 8.18. The van der Waals surface area contributed by atoms with Crippen molar-refractivity contribution in [2.45, 2.75) is 40.3 Å². The van der Waals surface area contributed by atoms with E-state index >= 15 is 0 Å². The molecule has 1 atom stereocenters. The molecule has 19 heavy (non-hydrogen) atoms. The van der Waals surface area contributed by atoms with Crippen LogP contribution >= 0.6 is 0 Å². The summed E-state index contributed by atoms with van der Waals surface area (Å²) in [4.78, 5) is 0. The van der Waals surface area contributed by atoms with Gasteiger partial charge in [-0.15, -0.1) is 0 Å². The number of hydrogen-bond donors (Lipinski definition) is 1. The Labute approximate surface area is 117 Å². The Kier molecular flexibility index (Phi) is 6.89. The van der Waals surface area contributed by atoms with Gasteiger partial charge in [-0.05, 0) is 25.8 Å². The molecule has 3 heteroatoms. The molecule has 0 heterocycles. The molecule has 0 aliphatic heterocycles. The van der Waals surface area contributed by atoms with E-state index in [1.54, 1.807) is 7.11 Å². The van der Waals surface area contributed by atoms with Gasteiger partial charge in [0.1, 0.15) is 5.75 Å². The molecule has 108 valence electrons. The van der Waals surface area contributed by atoms with Crippen LogP contribution in [0.25, 0.3) is 0 Å². The Hall–Kier alpha value is -1.06. The molecule has 1 unspecified atom stereocenters. The number of hydrogen-bond acceptors (Lipinski definition) is 3. The minimum Gasteiger partial charge on any atom is -0.496 e. The molecule has 1 aromatic rings. The third-order valence-corrected chi connectivity index (χ3v) is 3.30. The predicted molar refractivity (Wildman–Crippen MR) is 79.7 cm³/mol. The molecule has 0 spiro atoms. The maximum atomic E-state index is 5.53. The quantitative estimate of drug-likeness (QED) is 0.783. The Morgan fingerprint density at radius 2 is 2.00 bits per heavy atom. The number of nitrogens with one attached hydrogen (secondary N) is 1. The summed E-state index contributed by atoms with van der Waals surface area (Å²) >= 11 is 0. The zero-order valence-electron chi connectivity index (χ0n) is 12.8. The van der Waals surface area contributed by atoms with Crippen LogP contribution in [0, 0.1) is 12.8 Å². The number of methoxy groups -OCH3 is 1. The molecule has 0 fully saturated rings. The fourth-order valence-electron chi connectivity index (χ4n) is 2.02. The maximum Gasteiger partial charge on any atom is 0.123 e. The summed E-state index contributed by atoms with van der Waals surface area (Å²) in [6, 6.07) is 6.64. The average Bonchev–Trinajstić information content (AvgIpc) is 2.38.